The Kier molecular flexibility index (Phi) is 12.1. The maximum Gasteiger partial charge on any atom is 0.264 e. The van der Waals surface area contributed by atoms with Gasteiger partial charge in [0.25, 0.3) is 10.0 Å². The lowest BCUT2D eigenvalue weighted by atomic mass is 9.94. The topological polar surface area (TPSA) is 86.8 Å². The van der Waals surface area contributed by atoms with E-state index in [0.29, 0.717) is 21.3 Å². The van der Waals surface area contributed by atoms with E-state index in [0.717, 1.165) is 58.7 Å². The Morgan fingerprint density at radius 3 is 2.10 bits per heavy atom. The SMILES string of the molecule is Cc1ccc(S(=O)(=O)N(CC(=O)N(Cc2ccc(Cl)cc2Cl)[C@H](Cc2ccccc2)C(=O)NC2CCCCC2)c2cc(C)cc(C)c2)cc1. The number of hydrogen-bond acceptors (Lipinski definition) is 4. The number of nitrogens with zero attached hydrogens (tertiary/aromatic N) is 2. The van der Waals surface area contributed by atoms with Crippen LogP contribution < -0.4 is 9.62 Å². The molecule has 0 unspecified atom stereocenters. The molecule has 0 aromatic heterocycles. The second-order valence-electron chi connectivity index (χ2n) is 13.0. The molecule has 0 radical (unpaired) electrons. The lowest BCUT2D eigenvalue weighted by Crippen LogP contribution is -2.55. The monoisotopic (exact) mass is 719 g/mol. The van der Waals surface area contributed by atoms with Crippen LogP contribution in [0.5, 0.6) is 0 Å². The number of anilines is 1. The number of rotatable bonds is 12. The predicted molar refractivity (Wildman–Crippen MR) is 198 cm³/mol. The van der Waals surface area contributed by atoms with Gasteiger partial charge in [0.1, 0.15) is 12.6 Å². The van der Waals surface area contributed by atoms with Crippen molar-refractivity contribution in [3.05, 3.63) is 129 Å². The van der Waals surface area contributed by atoms with Crippen LogP contribution in [0.4, 0.5) is 5.69 Å². The first-order chi connectivity index (χ1) is 23.4. The van der Waals surface area contributed by atoms with Crippen molar-refractivity contribution >= 4 is 50.7 Å². The molecule has 0 spiro atoms. The van der Waals surface area contributed by atoms with Gasteiger partial charge in [-0.15, -0.1) is 0 Å². The van der Waals surface area contributed by atoms with E-state index in [9.17, 15) is 18.0 Å². The molecular weight excluding hydrogens is 677 g/mol. The Balaban J connectivity index is 1.60. The maximum absolute atomic E-state index is 14.8. The molecule has 1 fully saturated rings. The van der Waals surface area contributed by atoms with Gasteiger partial charge in [0.2, 0.25) is 11.8 Å². The Bertz CT molecular complexity index is 1860. The number of carbonyl (C=O) groups excluding carboxylic acids is 2. The van der Waals surface area contributed by atoms with Crippen molar-refractivity contribution in [3.8, 4) is 0 Å². The summed E-state index contributed by atoms with van der Waals surface area (Å²) in [6, 6.07) is 25.6. The van der Waals surface area contributed by atoms with Crippen LogP contribution in [0.1, 0.15) is 59.9 Å². The minimum Gasteiger partial charge on any atom is -0.352 e. The van der Waals surface area contributed by atoms with Crippen LogP contribution in [0.2, 0.25) is 10.0 Å². The lowest BCUT2D eigenvalue weighted by Gasteiger charge is -2.35. The van der Waals surface area contributed by atoms with Gasteiger partial charge in [-0.3, -0.25) is 13.9 Å². The Labute approximate surface area is 300 Å². The van der Waals surface area contributed by atoms with Crippen LogP contribution in [0.25, 0.3) is 0 Å². The van der Waals surface area contributed by atoms with Crippen molar-refractivity contribution in [1.29, 1.82) is 0 Å². The van der Waals surface area contributed by atoms with E-state index in [1.165, 1.54) is 4.90 Å². The fraction of sp³-hybridized carbons (Fsp3) is 0.333. The second-order valence-corrected chi connectivity index (χ2v) is 15.7. The smallest absolute Gasteiger partial charge is 0.264 e. The summed E-state index contributed by atoms with van der Waals surface area (Å²) in [6.45, 7) is 5.08. The third-order valence-corrected chi connectivity index (χ3v) is 11.3. The normalized spacial score (nSPS) is 14.2. The van der Waals surface area contributed by atoms with Gasteiger partial charge in [-0.2, -0.15) is 0 Å². The van der Waals surface area contributed by atoms with E-state index < -0.39 is 28.5 Å². The van der Waals surface area contributed by atoms with Gasteiger partial charge in [0.05, 0.1) is 10.6 Å². The number of carbonyl (C=O) groups is 2. The number of amides is 2. The molecule has 0 bridgehead atoms. The van der Waals surface area contributed by atoms with E-state index in [4.69, 9.17) is 23.2 Å². The van der Waals surface area contributed by atoms with Crippen LogP contribution in [-0.2, 0) is 32.6 Å². The number of hydrogen-bond donors (Lipinski definition) is 1. The number of nitrogens with one attached hydrogen (secondary N) is 1. The van der Waals surface area contributed by atoms with Gasteiger partial charge in [-0.05, 0) is 92.3 Å². The average Bonchev–Trinajstić information content (AvgIpc) is 3.06. The van der Waals surface area contributed by atoms with E-state index in [2.05, 4.69) is 5.32 Å². The summed E-state index contributed by atoms with van der Waals surface area (Å²) in [5.41, 5.74) is 4.43. The van der Waals surface area contributed by atoms with E-state index in [-0.39, 0.29) is 29.8 Å². The first-order valence-corrected chi connectivity index (χ1v) is 18.9. The summed E-state index contributed by atoms with van der Waals surface area (Å²) in [5, 5.41) is 4.01. The van der Waals surface area contributed by atoms with Crippen molar-refractivity contribution in [2.24, 2.45) is 0 Å². The van der Waals surface area contributed by atoms with Crippen LogP contribution in [-0.4, -0.2) is 43.8 Å². The summed E-state index contributed by atoms with van der Waals surface area (Å²) in [4.78, 5) is 30.6. The number of halogens is 2. The van der Waals surface area contributed by atoms with Crippen molar-refractivity contribution < 1.29 is 18.0 Å². The molecule has 7 nitrogen and oxygen atoms in total. The molecule has 4 aromatic rings. The first-order valence-electron chi connectivity index (χ1n) is 16.7. The third-order valence-electron chi connectivity index (χ3n) is 8.96. The maximum atomic E-state index is 14.8. The predicted octanol–water partition coefficient (Wildman–Crippen LogP) is 8.20. The fourth-order valence-electron chi connectivity index (χ4n) is 6.39. The van der Waals surface area contributed by atoms with Crippen molar-refractivity contribution in [1.82, 2.24) is 10.2 Å². The summed E-state index contributed by atoms with van der Waals surface area (Å²) in [7, 11) is -4.21. The molecule has 10 heteroatoms. The molecule has 1 N–H and O–H groups in total. The second kappa shape index (κ2) is 16.2. The van der Waals surface area contributed by atoms with Gasteiger partial charge >= 0.3 is 0 Å². The summed E-state index contributed by atoms with van der Waals surface area (Å²) >= 11 is 12.9. The molecule has 1 saturated carbocycles. The Morgan fingerprint density at radius 2 is 1.47 bits per heavy atom. The zero-order chi connectivity index (χ0) is 35.1. The average molecular weight is 721 g/mol. The highest BCUT2D eigenvalue weighted by molar-refractivity contribution is 7.92. The van der Waals surface area contributed by atoms with Gasteiger partial charge in [-0.25, -0.2) is 8.42 Å². The van der Waals surface area contributed by atoms with Crippen LogP contribution >= 0.6 is 23.2 Å². The lowest BCUT2D eigenvalue weighted by molar-refractivity contribution is -0.140. The molecule has 49 heavy (non-hydrogen) atoms. The fourth-order valence-corrected chi connectivity index (χ4v) is 8.26. The Morgan fingerprint density at radius 1 is 0.816 bits per heavy atom. The number of benzene rings is 4. The Hall–Kier alpha value is -3.85. The van der Waals surface area contributed by atoms with E-state index in [1.54, 1.807) is 54.6 Å². The molecule has 258 valence electrons. The number of aryl methyl sites for hydroxylation is 3. The highest BCUT2D eigenvalue weighted by Crippen LogP contribution is 2.29. The molecular formula is C39H43Cl2N3O4S. The molecule has 0 saturated heterocycles. The standard InChI is InChI=1S/C39H43Cl2N3O4S/c1-27-14-18-35(19-15-27)49(47,48)44(34-21-28(2)20-29(3)22-34)26-38(45)43(25-31-16-17-32(40)24-36(31)41)37(23-30-10-6-4-7-11-30)39(46)42-33-12-8-5-9-13-33/h4,6-7,10-11,14-22,24,33,37H,5,8-9,12-13,23,25-26H2,1-3H3,(H,42,46)/t37-/m1/s1. The molecule has 2 amide bonds. The molecule has 0 heterocycles. The van der Waals surface area contributed by atoms with Crippen LogP contribution in [0, 0.1) is 20.8 Å². The van der Waals surface area contributed by atoms with Crippen LogP contribution in [0.15, 0.2) is 95.9 Å². The largest absolute Gasteiger partial charge is 0.352 e. The van der Waals surface area contributed by atoms with Gasteiger partial charge < -0.3 is 10.2 Å². The molecule has 1 aliphatic carbocycles. The zero-order valence-corrected chi connectivity index (χ0v) is 30.5. The highest BCUT2D eigenvalue weighted by atomic mass is 35.5. The van der Waals surface area contributed by atoms with Gasteiger partial charge in [0, 0.05) is 29.1 Å². The summed E-state index contributed by atoms with van der Waals surface area (Å²) in [5.74, 6) is -0.825. The zero-order valence-electron chi connectivity index (χ0n) is 28.2. The summed E-state index contributed by atoms with van der Waals surface area (Å²) in [6.07, 6.45) is 5.15. The van der Waals surface area contributed by atoms with E-state index >= 15 is 0 Å². The van der Waals surface area contributed by atoms with Crippen LogP contribution in [0.3, 0.4) is 0 Å². The molecule has 1 aliphatic rings. The molecule has 1 atom stereocenters. The highest BCUT2D eigenvalue weighted by Gasteiger charge is 2.36. The minimum atomic E-state index is -4.21. The van der Waals surface area contributed by atoms with Crippen molar-refractivity contribution in [2.45, 2.75) is 82.8 Å². The van der Waals surface area contributed by atoms with Gasteiger partial charge in [0.15, 0.2) is 0 Å². The third kappa shape index (κ3) is 9.44. The van der Waals surface area contributed by atoms with Crippen molar-refractivity contribution in [2.75, 3.05) is 10.8 Å². The number of sulfonamides is 1. The first kappa shape index (κ1) is 36.4. The van der Waals surface area contributed by atoms with E-state index in [1.807, 2.05) is 57.2 Å². The summed E-state index contributed by atoms with van der Waals surface area (Å²) < 4.78 is 29.9. The molecule has 4 aromatic carbocycles. The quantitative estimate of drug-likeness (QED) is 0.160. The minimum absolute atomic E-state index is 0.00396. The van der Waals surface area contributed by atoms with Gasteiger partial charge in [-0.1, -0.05) is 103 Å². The molecule has 5 rings (SSSR count). The molecule has 0 aliphatic heterocycles. The van der Waals surface area contributed by atoms with Crippen molar-refractivity contribution in [3.63, 3.8) is 0 Å².